The van der Waals surface area contributed by atoms with Crippen molar-refractivity contribution in [3.05, 3.63) is 27.7 Å². The molecule has 0 heterocycles. The first-order valence-electron chi connectivity index (χ1n) is 6.75. The molecule has 20 heavy (non-hydrogen) atoms. The third-order valence-corrected chi connectivity index (χ3v) is 5.62. The average Bonchev–Trinajstić information content (AvgIpc) is 2.36. The molecule has 1 unspecified atom stereocenters. The van der Waals surface area contributed by atoms with Crippen LogP contribution >= 0.6 is 27.5 Å². The summed E-state index contributed by atoms with van der Waals surface area (Å²) in [7, 11) is 0. The zero-order chi connectivity index (χ0) is 15.0. The molecule has 1 saturated carbocycles. The van der Waals surface area contributed by atoms with Gasteiger partial charge in [0.05, 0.1) is 5.02 Å². The van der Waals surface area contributed by atoms with E-state index >= 15 is 0 Å². The number of aliphatic carboxylic acids is 1. The number of nitrogens with one attached hydrogen (secondary N) is 1. The Morgan fingerprint density at radius 1 is 1.35 bits per heavy atom. The van der Waals surface area contributed by atoms with Crippen molar-refractivity contribution in [1.29, 1.82) is 0 Å². The van der Waals surface area contributed by atoms with Gasteiger partial charge in [-0.2, -0.15) is 0 Å². The molecule has 0 spiro atoms. The lowest BCUT2D eigenvalue weighted by molar-refractivity contribution is -0.148. The topological polar surface area (TPSA) is 49.3 Å². The van der Waals surface area contributed by atoms with Crippen molar-refractivity contribution < 1.29 is 9.90 Å². The maximum Gasteiger partial charge on any atom is 0.329 e. The standard InChI is InChI=1S/C15H19BrClNO2/c1-14(2)7-3-4-8-15(14,13(19)20)18-10-5-6-12(17)11(16)9-10/h5-6,9,18H,3-4,7-8H2,1-2H3,(H,19,20). The SMILES string of the molecule is CC1(C)CCCCC1(Nc1ccc(Cl)c(Br)c1)C(=O)O. The molecule has 5 heteroatoms. The molecule has 0 aromatic heterocycles. The van der Waals surface area contributed by atoms with Crippen LogP contribution in [0.2, 0.25) is 5.02 Å². The first kappa shape index (κ1) is 15.6. The predicted molar refractivity (Wildman–Crippen MR) is 85.4 cm³/mol. The molecule has 0 aliphatic heterocycles. The molecule has 2 rings (SSSR count). The van der Waals surface area contributed by atoms with Crippen molar-refractivity contribution in [2.75, 3.05) is 5.32 Å². The second-order valence-corrected chi connectivity index (χ2v) is 7.32. The Bertz CT molecular complexity index is 533. The minimum Gasteiger partial charge on any atom is -0.479 e. The number of rotatable bonds is 3. The maximum absolute atomic E-state index is 11.9. The van der Waals surface area contributed by atoms with Gasteiger partial charge < -0.3 is 10.4 Å². The van der Waals surface area contributed by atoms with Crippen LogP contribution in [0.15, 0.2) is 22.7 Å². The van der Waals surface area contributed by atoms with Crippen LogP contribution in [0.5, 0.6) is 0 Å². The van der Waals surface area contributed by atoms with Crippen molar-refractivity contribution in [2.45, 2.75) is 45.1 Å². The molecular formula is C15H19BrClNO2. The van der Waals surface area contributed by atoms with E-state index in [2.05, 4.69) is 21.2 Å². The lowest BCUT2D eigenvalue weighted by Gasteiger charge is -2.48. The predicted octanol–water partition coefficient (Wildman–Crippen LogP) is 4.94. The molecule has 1 aromatic carbocycles. The van der Waals surface area contributed by atoms with Crippen molar-refractivity contribution in [3.63, 3.8) is 0 Å². The monoisotopic (exact) mass is 359 g/mol. The van der Waals surface area contributed by atoms with E-state index in [0.29, 0.717) is 11.4 Å². The highest BCUT2D eigenvalue weighted by Crippen LogP contribution is 2.46. The Hall–Kier alpha value is -0.740. The van der Waals surface area contributed by atoms with E-state index in [9.17, 15) is 9.90 Å². The summed E-state index contributed by atoms with van der Waals surface area (Å²) in [5.41, 5.74) is -0.458. The maximum atomic E-state index is 11.9. The Kier molecular flexibility index (Phi) is 4.35. The van der Waals surface area contributed by atoms with Gasteiger partial charge in [-0.15, -0.1) is 0 Å². The Morgan fingerprint density at radius 2 is 2.00 bits per heavy atom. The van der Waals surface area contributed by atoms with Gasteiger partial charge in [0.15, 0.2) is 0 Å². The molecule has 3 nitrogen and oxygen atoms in total. The summed E-state index contributed by atoms with van der Waals surface area (Å²) < 4.78 is 0.762. The zero-order valence-electron chi connectivity index (χ0n) is 11.7. The number of anilines is 1. The molecular weight excluding hydrogens is 342 g/mol. The lowest BCUT2D eigenvalue weighted by Crippen LogP contribution is -2.59. The van der Waals surface area contributed by atoms with E-state index in [1.54, 1.807) is 6.07 Å². The second-order valence-electron chi connectivity index (χ2n) is 6.06. The molecule has 110 valence electrons. The van der Waals surface area contributed by atoms with Crippen LogP contribution in [0.3, 0.4) is 0 Å². The van der Waals surface area contributed by atoms with Crippen LogP contribution < -0.4 is 5.32 Å². The van der Waals surface area contributed by atoms with Crippen LogP contribution in [0.4, 0.5) is 5.69 Å². The summed E-state index contributed by atoms with van der Waals surface area (Å²) in [6, 6.07) is 5.42. The van der Waals surface area contributed by atoms with E-state index in [1.807, 2.05) is 26.0 Å². The van der Waals surface area contributed by atoms with E-state index in [4.69, 9.17) is 11.6 Å². The normalized spacial score (nSPS) is 25.2. The minimum absolute atomic E-state index is 0.302. The van der Waals surface area contributed by atoms with Gasteiger partial charge in [0.1, 0.15) is 5.54 Å². The fourth-order valence-electron chi connectivity index (χ4n) is 3.01. The third-order valence-electron chi connectivity index (χ3n) is 4.40. The average molecular weight is 361 g/mol. The summed E-state index contributed by atoms with van der Waals surface area (Å²) in [6.07, 6.45) is 3.54. The van der Waals surface area contributed by atoms with Crippen LogP contribution in [-0.4, -0.2) is 16.6 Å². The summed E-state index contributed by atoms with van der Waals surface area (Å²) >= 11 is 9.36. The Balaban J connectivity index is 2.38. The first-order valence-corrected chi connectivity index (χ1v) is 7.92. The lowest BCUT2D eigenvalue weighted by atomic mass is 9.63. The van der Waals surface area contributed by atoms with Gasteiger partial charge in [0.25, 0.3) is 0 Å². The third kappa shape index (κ3) is 2.68. The highest BCUT2D eigenvalue weighted by molar-refractivity contribution is 9.10. The van der Waals surface area contributed by atoms with Crippen LogP contribution in [0.25, 0.3) is 0 Å². The number of benzene rings is 1. The molecule has 1 aliphatic rings. The minimum atomic E-state index is -0.932. The van der Waals surface area contributed by atoms with Gasteiger partial charge in [0, 0.05) is 10.2 Å². The molecule has 1 aliphatic carbocycles. The van der Waals surface area contributed by atoms with Gasteiger partial charge in [-0.3, -0.25) is 0 Å². The number of hydrogen-bond acceptors (Lipinski definition) is 2. The molecule has 1 atom stereocenters. The summed E-state index contributed by atoms with van der Waals surface area (Å²) in [5, 5.41) is 13.7. The van der Waals surface area contributed by atoms with Gasteiger partial charge in [-0.1, -0.05) is 38.3 Å². The molecule has 1 aromatic rings. The summed E-state index contributed by atoms with van der Waals surface area (Å²) in [6.45, 7) is 4.05. The molecule has 0 amide bonds. The van der Waals surface area contributed by atoms with Crippen LogP contribution in [-0.2, 0) is 4.79 Å². The van der Waals surface area contributed by atoms with Crippen molar-refractivity contribution in [1.82, 2.24) is 0 Å². The van der Waals surface area contributed by atoms with Gasteiger partial charge in [-0.25, -0.2) is 4.79 Å². The number of hydrogen-bond donors (Lipinski definition) is 2. The van der Waals surface area contributed by atoms with Crippen molar-refractivity contribution in [3.8, 4) is 0 Å². The summed E-state index contributed by atoms with van der Waals surface area (Å²) in [4.78, 5) is 11.9. The Labute approximate surface area is 132 Å². The summed E-state index contributed by atoms with van der Waals surface area (Å²) in [5.74, 6) is -0.784. The molecule has 0 radical (unpaired) electrons. The highest BCUT2D eigenvalue weighted by atomic mass is 79.9. The fourth-order valence-corrected chi connectivity index (χ4v) is 3.51. The molecule has 2 N–H and O–H groups in total. The van der Waals surface area contributed by atoms with Gasteiger partial charge in [-0.05, 0) is 52.4 Å². The number of carboxylic acids is 1. The van der Waals surface area contributed by atoms with E-state index in [-0.39, 0.29) is 5.41 Å². The molecule has 0 bridgehead atoms. The number of halogens is 2. The quantitative estimate of drug-likeness (QED) is 0.803. The van der Waals surface area contributed by atoms with Crippen molar-refractivity contribution in [2.24, 2.45) is 5.41 Å². The fraction of sp³-hybridized carbons (Fsp3) is 0.533. The second kappa shape index (κ2) is 5.57. The Morgan fingerprint density at radius 3 is 2.55 bits per heavy atom. The van der Waals surface area contributed by atoms with Crippen LogP contribution in [0, 0.1) is 5.41 Å². The largest absolute Gasteiger partial charge is 0.479 e. The van der Waals surface area contributed by atoms with Gasteiger partial charge >= 0.3 is 5.97 Å². The van der Waals surface area contributed by atoms with E-state index in [0.717, 1.165) is 29.4 Å². The zero-order valence-corrected chi connectivity index (χ0v) is 14.0. The van der Waals surface area contributed by atoms with Gasteiger partial charge in [0.2, 0.25) is 0 Å². The highest BCUT2D eigenvalue weighted by Gasteiger charge is 2.52. The van der Waals surface area contributed by atoms with E-state index < -0.39 is 11.5 Å². The molecule has 1 fully saturated rings. The number of carboxylic acid groups (broad SMARTS) is 1. The van der Waals surface area contributed by atoms with Crippen LogP contribution in [0.1, 0.15) is 39.5 Å². The van der Waals surface area contributed by atoms with Crippen molar-refractivity contribution >= 4 is 39.2 Å². The van der Waals surface area contributed by atoms with E-state index in [1.165, 1.54) is 0 Å². The smallest absolute Gasteiger partial charge is 0.329 e. The first-order chi connectivity index (χ1) is 9.28. The molecule has 0 saturated heterocycles. The number of carbonyl (C=O) groups is 1.